The molecule has 2 heterocycles. The molecule has 140 valence electrons. The monoisotopic (exact) mass is 379 g/mol. The maximum Gasteiger partial charge on any atom is 0.260 e. The zero-order chi connectivity index (χ0) is 18.7. The Morgan fingerprint density at radius 3 is 2.62 bits per heavy atom. The van der Waals surface area contributed by atoms with Gasteiger partial charge in [-0.2, -0.15) is 4.98 Å². The number of carbonyl (C=O) groups excluding carboxylic acids is 1. The smallest absolute Gasteiger partial charge is 0.260 e. The number of sulfone groups is 1. The first-order valence-electron chi connectivity index (χ1n) is 8.41. The molecule has 1 aliphatic rings. The number of ether oxygens (including phenoxy) is 1. The highest BCUT2D eigenvalue weighted by atomic mass is 32.2. The van der Waals surface area contributed by atoms with Crippen molar-refractivity contribution in [1.29, 1.82) is 0 Å². The minimum atomic E-state index is -3.03. The number of aryl methyl sites for hydroxylation is 1. The van der Waals surface area contributed by atoms with Gasteiger partial charge in [0.25, 0.3) is 5.91 Å². The van der Waals surface area contributed by atoms with Crippen molar-refractivity contribution in [1.82, 2.24) is 15.0 Å². The van der Waals surface area contributed by atoms with E-state index in [1.54, 1.807) is 36.1 Å². The van der Waals surface area contributed by atoms with E-state index in [1.807, 2.05) is 6.92 Å². The number of hydrogen-bond donors (Lipinski definition) is 0. The lowest BCUT2D eigenvalue weighted by Gasteiger charge is -2.26. The van der Waals surface area contributed by atoms with Gasteiger partial charge < -0.3 is 14.2 Å². The molecule has 0 bridgehead atoms. The highest BCUT2D eigenvalue weighted by molar-refractivity contribution is 7.91. The predicted molar refractivity (Wildman–Crippen MR) is 94.4 cm³/mol. The quantitative estimate of drug-likeness (QED) is 0.748. The zero-order valence-electron chi connectivity index (χ0n) is 14.7. The first-order valence-corrected chi connectivity index (χ1v) is 10.2. The molecule has 1 saturated heterocycles. The first kappa shape index (κ1) is 18.4. The number of hydrogen-bond acceptors (Lipinski definition) is 7. The molecule has 1 aromatic carbocycles. The highest BCUT2D eigenvalue weighted by Gasteiger charge is 2.33. The van der Waals surface area contributed by atoms with Crippen molar-refractivity contribution in [3.05, 3.63) is 30.2 Å². The summed E-state index contributed by atoms with van der Waals surface area (Å²) in [5, 5.41) is 3.84. The van der Waals surface area contributed by atoms with Gasteiger partial charge in [-0.3, -0.25) is 4.79 Å². The summed E-state index contributed by atoms with van der Waals surface area (Å²) in [5.74, 6) is 1.47. The summed E-state index contributed by atoms with van der Waals surface area (Å²) in [4.78, 5) is 18.1. The summed E-state index contributed by atoms with van der Waals surface area (Å²) in [5.41, 5.74) is 0.784. The Bertz CT molecular complexity index is 876. The third-order valence-electron chi connectivity index (χ3n) is 4.31. The fraction of sp³-hybridized carbons (Fsp3) is 0.471. The lowest BCUT2D eigenvalue weighted by molar-refractivity contribution is -0.135. The number of carbonyl (C=O) groups is 1. The molecule has 9 heteroatoms. The van der Waals surface area contributed by atoms with E-state index in [9.17, 15) is 13.2 Å². The summed E-state index contributed by atoms with van der Waals surface area (Å²) >= 11 is 0. The highest BCUT2D eigenvalue weighted by Crippen LogP contribution is 2.21. The van der Waals surface area contributed by atoms with E-state index in [0.29, 0.717) is 30.4 Å². The van der Waals surface area contributed by atoms with Gasteiger partial charge in [0.05, 0.1) is 11.5 Å². The normalized spacial score (nSPS) is 18.6. The van der Waals surface area contributed by atoms with Crippen molar-refractivity contribution < 1.29 is 22.5 Å². The van der Waals surface area contributed by atoms with Gasteiger partial charge in [0.2, 0.25) is 11.7 Å². The standard InChI is InChI=1S/C17H21N3O5S/c1-3-20(14-8-9-26(22,23)11-14)16(21)10-24-15-6-4-13(5-7-15)17-18-12(2)25-19-17/h4-7,14H,3,8-11H2,1-2H3. The summed E-state index contributed by atoms with van der Waals surface area (Å²) in [6.07, 6.45) is 0.487. The maximum atomic E-state index is 12.4. The third-order valence-corrected chi connectivity index (χ3v) is 6.06. The lowest BCUT2D eigenvalue weighted by Crippen LogP contribution is -2.43. The molecule has 8 nitrogen and oxygen atoms in total. The van der Waals surface area contributed by atoms with Gasteiger partial charge in [0.15, 0.2) is 16.4 Å². The van der Waals surface area contributed by atoms with Gasteiger partial charge in [0, 0.05) is 25.1 Å². The summed E-state index contributed by atoms with van der Waals surface area (Å²) in [6, 6.07) is 6.76. The summed E-state index contributed by atoms with van der Waals surface area (Å²) < 4.78 is 33.8. The zero-order valence-corrected chi connectivity index (χ0v) is 15.5. The molecule has 1 aliphatic heterocycles. The molecule has 0 N–H and O–H groups in total. The van der Waals surface area contributed by atoms with Gasteiger partial charge >= 0.3 is 0 Å². The lowest BCUT2D eigenvalue weighted by atomic mass is 10.2. The van der Waals surface area contributed by atoms with Crippen molar-refractivity contribution in [3.8, 4) is 17.1 Å². The molecular weight excluding hydrogens is 358 g/mol. The maximum absolute atomic E-state index is 12.4. The minimum absolute atomic E-state index is 0.0331. The fourth-order valence-electron chi connectivity index (χ4n) is 3.00. The topological polar surface area (TPSA) is 103 Å². The SMILES string of the molecule is CCN(C(=O)COc1ccc(-c2noc(C)n2)cc1)C1CCS(=O)(=O)C1. The third kappa shape index (κ3) is 4.21. The molecule has 1 atom stereocenters. The minimum Gasteiger partial charge on any atom is -0.484 e. The predicted octanol–water partition coefficient (Wildman–Crippen LogP) is 1.46. The second-order valence-electron chi connectivity index (χ2n) is 6.19. The van der Waals surface area contributed by atoms with E-state index in [2.05, 4.69) is 10.1 Å². The Morgan fingerprint density at radius 1 is 1.35 bits per heavy atom. The van der Waals surface area contributed by atoms with Crippen LogP contribution in [0.25, 0.3) is 11.4 Å². The summed E-state index contributed by atoms with van der Waals surface area (Å²) in [6.45, 7) is 3.88. The van der Waals surface area contributed by atoms with Crippen LogP contribution in [0.2, 0.25) is 0 Å². The fourth-order valence-corrected chi connectivity index (χ4v) is 4.73. The van der Waals surface area contributed by atoms with Crippen LogP contribution in [0.1, 0.15) is 19.2 Å². The van der Waals surface area contributed by atoms with E-state index in [1.165, 1.54) is 0 Å². The molecule has 1 amide bonds. The van der Waals surface area contributed by atoms with E-state index >= 15 is 0 Å². The van der Waals surface area contributed by atoms with Crippen LogP contribution in [-0.2, 0) is 14.6 Å². The Hall–Kier alpha value is -2.42. The number of benzene rings is 1. The number of aromatic nitrogens is 2. The molecule has 0 aliphatic carbocycles. The Labute approximate surface area is 152 Å². The van der Waals surface area contributed by atoms with Crippen LogP contribution in [0.3, 0.4) is 0 Å². The van der Waals surface area contributed by atoms with Gasteiger partial charge in [-0.25, -0.2) is 8.42 Å². The average Bonchev–Trinajstić information content (AvgIpc) is 3.20. The second kappa shape index (κ2) is 7.45. The number of amides is 1. The van der Waals surface area contributed by atoms with Gasteiger partial charge in [-0.1, -0.05) is 5.16 Å². The molecule has 0 radical (unpaired) electrons. The van der Waals surface area contributed by atoms with Crippen molar-refractivity contribution in [2.24, 2.45) is 0 Å². The molecule has 2 aromatic rings. The van der Waals surface area contributed by atoms with Crippen LogP contribution >= 0.6 is 0 Å². The molecule has 1 fully saturated rings. The first-order chi connectivity index (χ1) is 12.4. The van der Waals surface area contributed by atoms with Crippen molar-refractivity contribution in [3.63, 3.8) is 0 Å². The van der Waals surface area contributed by atoms with Crippen LogP contribution in [-0.4, -0.2) is 60.1 Å². The molecule has 1 unspecified atom stereocenters. The van der Waals surface area contributed by atoms with Crippen LogP contribution in [0, 0.1) is 6.92 Å². The Balaban J connectivity index is 1.58. The second-order valence-corrected chi connectivity index (χ2v) is 8.42. The van der Waals surface area contributed by atoms with Gasteiger partial charge in [0.1, 0.15) is 5.75 Å². The average molecular weight is 379 g/mol. The molecule has 0 spiro atoms. The van der Waals surface area contributed by atoms with Crippen LogP contribution in [0.15, 0.2) is 28.8 Å². The van der Waals surface area contributed by atoms with Crippen LogP contribution in [0.5, 0.6) is 5.75 Å². The van der Waals surface area contributed by atoms with E-state index < -0.39 is 9.84 Å². The van der Waals surface area contributed by atoms with Crippen molar-refractivity contribution in [2.75, 3.05) is 24.7 Å². The summed E-state index contributed by atoms with van der Waals surface area (Å²) in [7, 11) is -3.03. The van der Waals surface area contributed by atoms with Crippen molar-refractivity contribution >= 4 is 15.7 Å². The number of nitrogens with zero attached hydrogens (tertiary/aromatic N) is 3. The van der Waals surface area contributed by atoms with Crippen LogP contribution in [0.4, 0.5) is 0 Å². The van der Waals surface area contributed by atoms with E-state index in [-0.39, 0.29) is 30.1 Å². The molecule has 1 aromatic heterocycles. The van der Waals surface area contributed by atoms with E-state index in [0.717, 1.165) is 5.56 Å². The van der Waals surface area contributed by atoms with Crippen LogP contribution < -0.4 is 4.74 Å². The van der Waals surface area contributed by atoms with E-state index in [4.69, 9.17) is 9.26 Å². The molecular formula is C17H21N3O5S. The Kier molecular flexibility index (Phi) is 5.26. The molecule has 0 saturated carbocycles. The molecule has 26 heavy (non-hydrogen) atoms. The number of rotatable bonds is 6. The number of likely N-dealkylation sites (N-methyl/N-ethyl adjacent to an activating group) is 1. The van der Waals surface area contributed by atoms with Gasteiger partial charge in [-0.05, 0) is 37.6 Å². The largest absolute Gasteiger partial charge is 0.484 e. The van der Waals surface area contributed by atoms with Gasteiger partial charge in [-0.15, -0.1) is 0 Å². The van der Waals surface area contributed by atoms with Crippen molar-refractivity contribution in [2.45, 2.75) is 26.3 Å². The molecule has 3 rings (SSSR count). The Morgan fingerprint density at radius 2 is 2.08 bits per heavy atom.